The zero-order chi connectivity index (χ0) is 39.9. The third kappa shape index (κ3) is 7.02. The van der Waals surface area contributed by atoms with Gasteiger partial charge in [0.05, 0.1) is 54.4 Å². The van der Waals surface area contributed by atoms with Crippen LogP contribution in [0.3, 0.4) is 0 Å². The van der Waals surface area contributed by atoms with E-state index in [1.807, 2.05) is 20.8 Å². The molecule has 0 aromatic rings. The van der Waals surface area contributed by atoms with Gasteiger partial charge in [-0.05, 0) is 107 Å². The molecule has 0 aromatic carbocycles. The zero-order valence-electron chi connectivity index (χ0n) is 33.9. The summed E-state index contributed by atoms with van der Waals surface area (Å²) in [6.07, 6.45) is -0.0154. The van der Waals surface area contributed by atoms with Gasteiger partial charge in [-0.15, -0.1) is 0 Å². The number of rotatable bonds is 8. The maximum atomic E-state index is 12.6. The fraction of sp³-hybridized carbons (Fsp3) is 0.929. The molecule has 5 N–H and O–H groups in total. The van der Waals surface area contributed by atoms with Crippen LogP contribution >= 0.6 is 0 Å². The van der Waals surface area contributed by atoms with Gasteiger partial charge in [-0.2, -0.15) is 0 Å². The number of esters is 1. The van der Waals surface area contributed by atoms with Crippen molar-refractivity contribution in [3.63, 3.8) is 0 Å². The number of carbonyl (C=O) groups is 1. The van der Waals surface area contributed by atoms with Gasteiger partial charge in [0.15, 0.2) is 18.9 Å². The van der Waals surface area contributed by atoms with Crippen molar-refractivity contribution in [1.29, 1.82) is 0 Å². The van der Waals surface area contributed by atoms with Crippen molar-refractivity contribution in [3.8, 4) is 0 Å². The molecule has 4 saturated carbocycles. The van der Waals surface area contributed by atoms with Crippen LogP contribution in [0.2, 0.25) is 0 Å². The van der Waals surface area contributed by atoms with Crippen molar-refractivity contribution in [2.45, 2.75) is 197 Å². The van der Waals surface area contributed by atoms with E-state index in [2.05, 4.69) is 6.92 Å². The maximum absolute atomic E-state index is 12.6. The van der Waals surface area contributed by atoms with Gasteiger partial charge in [-0.25, -0.2) is 4.79 Å². The second kappa shape index (κ2) is 15.6. The van der Waals surface area contributed by atoms with Gasteiger partial charge >= 0.3 is 5.97 Å². The number of ether oxygens (including phenoxy) is 8. The van der Waals surface area contributed by atoms with Crippen molar-refractivity contribution in [2.75, 3.05) is 13.7 Å². The number of carbonyl (C=O) groups excluding carboxylic acids is 1. The summed E-state index contributed by atoms with van der Waals surface area (Å²) < 4.78 is 47.8. The number of aliphatic hydroxyl groups is 5. The van der Waals surface area contributed by atoms with Crippen LogP contribution in [-0.4, -0.2) is 137 Å². The van der Waals surface area contributed by atoms with Crippen molar-refractivity contribution in [3.05, 3.63) is 11.6 Å². The van der Waals surface area contributed by atoms with E-state index in [9.17, 15) is 30.3 Å². The van der Waals surface area contributed by atoms with Gasteiger partial charge in [0.2, 0.25) is 0 Å². The molecule has 8 aliphatic rings. The molecular weight excluding hydrogens is 728 g/mol. The average Bonchev–Trinajstić information content (AvgIpc) is 3.68. The molecule has 0 aromatic heterocycles. The van der Waals surface area contributed by atoms with E-state index < -0.39 is 84.8 Å². The monoisotopic (exact) mass is 794 g/mol. The lowest BCUT2D eigenvalue weighted by atomic mass is 9.42. The standard InChI is InChI=1S/C42H66O14/c1-20-37(49-6)29(43)16-35(51-20)55-39-22(3)53-36(18-31(39)45)56-38-21(2)52-34(17-30(38)44)54-25-9-11-40(4)24(14-25)7-8-27-28(40)15-32(46)41(5)26(10-12-42(27,41)48)23-13-33(47)50-19-23/h13,20-22,24-32,34-39,43-46,48H,7-12,14-19H2,1-6H3/t20-,21-,22-,24-,25+,26-,27?,28?,29+,30+,31+,32-,34+,35+,36+,37-,38-,39-,40+,41+,42+/m1/s1. The maximum Gasteiger partial charge on any atom is 0.331 e. The molecule has 7 fully saturated rings. The summed E-state index contributed by atoms with van der Waals surface area (Å²) in [5.41, 5.74) is -0.877. The smallest absolute Gasteiger partial charge is 0.331 e. The normalized spacial score (nSPS) is 54.8. The Kier molecular flexibility index (Phi) is 11.6. The molecule has 14 heteroatoms. The summed E-state index contributed by atoms with van der Waals surface area (Å²) in [4.78, 5) is 12.0. The molecule has 56 heavy (non-hydrogen) atoms. The van der Waals surface area contributed by atoms with E-state index in [4.69, 9.17) is 37.9 Å². The van der Waals surface area contributed by atoms with Crippen LogP contribution in [0, 0.1) is 34.5 Å². The zero-order valence-corrected chi connectivity index (χ0v) is 33.9. The number of hydrogen-bond donors (Lipinski definition) is 5. The topological polar surface area (TPSA) is 192 Å². The van der Waals surface area contributed by atoms with Gasteiger partial charge in [-0.3, -0.25) is 0 Å². The van der Waals surface area contributed by atoms with Crippen LogP contribution < -0.4 is 0 Å². The molecule has 318 valence electrons. The number of cyclic esters (lactones) is 1. The van der Waals surface area contributed by atoms with E-state index in [1.54, 1.807) is 13.0 Å². The van der Waals surface area contributed by atoms with Crippen LogP contribution in [0.25, 0.3) is 0 Å². The SMILES string of the molecule is CO[C@H]1[C@@H](O)C[C@H](O[C@H]2[C@@H](O)C[C@H](O[C@H]3[C@@H](O)C[C@H](O[C@H]4CC[C@]5(C)C6C[C@@H](O)[C@]7(C)[C@@H](C8=CC(=O)OC8)CC[C@]7(O)C6CC[C@@H]5C4)O[C@@H]3C)O[C@@H]2C)O[C@@H]1C. The third-order valence-corrected chi connectivity index (χ3v) is 16.2. The lowest BCUT2D eigenvalue weighted by Gasteiger charge is -2.65. The Hall–Kier alpha value is -1.27. The molecule has 8 rings (SSSR count). The number of hydrogen-bond acceptors (Lipinski definition) is 14. The summed E-state index contributed by atoms with van der Waals surface area (Å²) in [7, 11) is 1.53. The van der Waals surface area contributed by atoms with Crippen molar-refractivity contribution in [2.24, 2.45) is 34.5 Å². The summed E-state index contributed by atoms with van der Waals surface area (Å²) in [5.74, 6) is 0.223. The first-order valence-corrected chi connectivity index (χ1v) is 21.3. The van der Waals surface area contributed by atoms with Crippen LogP contribution in [0.15, 0.2) is 11.6 Å². The predicted molar refractivity (Wildman–Crippen MR) is 197 cm³/mol. The van der Waals surface area contributed by atoms with Crippen molar-refractivity contribution < 1.29 is 68.2 Å². The molecule has 4 heterocycles. The van der Waals surface area contributed by atoms with Crippen LogP contribution in [0.1, 0.15) is 105 Å². The molecule has 0 bridgehead atoms. The Bertz CT molecular complexity index is 1430. The molecule has 0 spiro atoms. The minimum atomic E-state index is -1.01. The van der Waals surface area contributed by atoms with Gasteiger partial charge in [0, 0.05) is 37.9 Å². The second-order valence-electron chi connectivity index (χ2n) is 19.0. The number of methoxy groups -OCH3 is 1. The molecule has 0 radical (unpaired) electrons. The van der Waals surface area contributed by atoms with Gasteiger partial charge in [0.25, 0.3) is 0 Å². The van der Waals surface area contributed by atoms with Gasteiger partial charge < -0.3 is 63.4 Å². The summed E-state index contributed by atoms with van der Waals surface area (Å²) >= 11 is 0. The van der Waals surface area contributed by atoms with Crippen LogP contribution in [0.5, 0.6) is 0 Å². The van der Waals surface area contributed by atoms with Crippen LogP contribution in [0.4, 0.5) is 0 Å². The van der Waals surface area contributed by atoms with E-state index in [0.717, 1.165) is 44.1 Å². The highest BCUT2D eigenvalue weighted by molar-refractivity contribution is 5.85. The molecule has 21 atom stereocenters. The fourth-order valence-corrected chi connectivity index (χ4v) is 13.1. The quantitative estimate of drug-likeness (QED) is 0.178. The Morgan fingerprint density at radius 3 is 1.80 bits per heavy atom. The highest BCUT2D eigenvalue weighted by atomic mass is 16.7. The van der Waals surface area contributed by atoms with Crippen molar-refractivity contribution >= 4 is 5.97 Å². The first-order valence-electron chi connectivity index (χ1n) is 21.3. The second-order valence-corrected chi connectivity index (χ2v) is 19.0. The minimum absolute atomic E-state index is 0.0386. The molecule has 3 saturated heterocycles. The van der Waals surface area contributed by atoms with E-state index in [-0.39, 0.29) is 67.2 Å². The summed E-state index contributed by atoms with van der Waals surface area (Å²) in [6.45, 7) is 10.1. The summed E-state index contributed by atoms with van der Waals surface area (Å²) in [5, 5.41) is 57.3. The number of fused-ring (bicyclic) bond motifs is 5. The van der Waals surface area contributed by atoms with E-state index in [0.29, 0.717) is 18.8 Å². The Labute approximate surface area is 330 Å². The largest absolute Gasteiger partial charge is 0.458 e. The third-order valence-electron chi connectivity index (χ3n) is 16.2. The minimum Gasteiger partial charge on any atom is -0.458 e. The lowest BCUT2D eigenvalue weighted by Crippen LogP contribution is -2.67. The predicted octanol–water partition coefficient (Wildman–Crippen LogP) is 2.87. The number of aliphatic hydroxyl groups excluding tert-OH is 4. The lowest BCUT2D eigenvalue weighted by molar-refractivity contribution is -0.336. The Balaban J connectivity index is 0.832. The first kappa shape index (κ1) is 41.5. The Morgan fingerprint density at radius 1 is 0.696 bits per heavy atom. The highest BCUT2D eigenvalue weighted by Crippen LogP contribution is 2.70. The molecule has 14 nitrogen and oxygen atoms in total. The van der Waals surface area contributed by atoms with Gasteiger partial charge in [0.1, 0.15) is 24.9 Å². The molecule has 2 unspecified atom stereocenters. The first-order chi connectivity index (χ1) is 26.5. The van der Waals surface area contributed by atoms with E-state index in [1.165, 1.54) is 7.11 Å². The molecular formula is C42H66O14. The molecule has 0 amide bonds. The van der Waals surface area contributed by atoms with Gasteiger partial charge in [-0.1, -0.05) is 13.8 Å². The average molecular weight is 795 g/mol. The molecule has 4 aliphatic heterocycles. The van der Waals surface area contributed by atoms with E-state index >= 15 is 0 Å². The van der Waals surface area contributed by atoms with Crippen LogP contribution in [-0.2, 0) is 42.7 Å². The van der Waals surface area contributed by atoms with Crippen molar-refractivity contribution in [1.82, 2.24) is 0 Å². The Morgan fingerprint density at radius 2 is 1.27 bits per heavy atom. The summed E-state index contributed by atoms with van der Waals surface area (Å²) in [6, 6.07) is 0. The highest BCUT2D eigenvalue weighted by Gasteiger charge is 2.71. The fourth-order valence-electron chi connectivity index (χ4n) is 13.1. The molecule has 4 aliphatic carbocycles.